The number of hydrogen-bond acceptors (Lipinski definition) is 6. The molecule has 1 aromatic heterocycles. The standard InChI is InChI=1S/C12H19NO5S2/c1-8(2)7-18-12(15)11(9(3)14)13-20(16,17)10-5-4-6-19-10/h4-6,8-9,11,13-14H,7H2,1-3H3/t9-,11+/m1/s1. The summed E-state index contributed by atoms with van der Waals surface area (Å²) in [7, 11) is -3.84. The van der Waals surface area contributed by atoms with E-state index in [1.165, 1.54) is 13.0 Å². The molecule has 114 valence electrons. The fourth-order valence-electron chi connectivity index (χ4n) is 1.32. The molecular weight excluding hydrogens is 302 g/mol. The Labute approximate surface area is 122 Å². The van der Waals surface area contributed by atoms with Crippen LogP contribution in [-0.4, -0.2) is 38.2 Å². The quantitative estimate of drug-likeness (QED) is 0.730. The van der Waals surface area contributed by atoms with E-state index in [0.717, 1.165) is 11.3 Å². The van der Waals surface area contributed by atoms with Crippen LogP contribution in [0.3, 0.4) is 0 Å². The predicted octanol–water partition coefficient (Wildman–Crippen LogP) is 0.975. The summed E-state index contributed by atoms with van der Waals surface area (Å²) in [5.41, 5.74) is 0. The fraction of sp³-hybridized carbons (Fsp3) is 0.583. The number of hydrogen-bond donors (Lipinski definition) is 2. The maximum Gasteiger partial charge on any atom is 0.326 e. The third-order valence-corrected chi connectivity index (χ3v) is 5.18. The van der Waals surface area contributed by atoms with E-state index < -0.39 is 28.1 Å². The van der Waals surface area contributed by atoms with Gasteiger partial charge in [0, 0.05) is 0 Å². The topological polar surface area (TPSA) is 92.7 Å². The third kappa shape index (κ3) is 4.86. The molecular formula is C12H19NO5S2. The van der Waals surface area contributed by atoms with E-state index in [-0.39, 0.29) is 16.7 Å². The lowest BCUT2D eigenvalue weighted by atomic mass is 10.2. The highest BCUT2D eigenvalue weighted by Crippen LogP contribution is 2.16. The van der Waals surface area contributed by atoms with Crippen molar-refractivity contribution in [2.45, 2.75) is 37.1 Å². The highest BCUT2D eigenvalue weighted by Gasteiger charge is 2.31. The number of aliphatic hydroxyl groups excluding tert-OH is 1. The van der Waals surface area contributed by atoms with Crippen LogP contribution in [0.1, 0.15) is 20.8 Å². The maximum absolute atomic E-state index is 12.0. The molecule has 1 heterocycles. The van der Waals surface area contributed by atoms with Crippen LogP contribution >= 0.6 is 11.3 Å². The van der Waals surface area contributed by atoms with Crippen molar-refractivity contribution in [3.05, 3.63) is 17.5 Å². The fourth-order valence-corrected chi connectivity index (χ4v) is 3.59. The minimum Gasteiger partial charge on any atom is -0.464 e. The van der Waals surface area contributed by atoms with Gasteiger partial charge < -0.3 is 9.84 Å². The Morgan fingerprint density at radius 2 is 2.10 bits per heavy atom. The van der Waals surface area contributed by atoms with E-state index in [4.69, 9.17) is 4.74 Å². The Hall–Kier alpha value is -0.960. The zero-order valence-corrected chi connectivity index (χ0v) is 13.2. The highest BCUT2D eigenvalue weighted by molar-refractivity contribution is 7.91. The largest absolute Gasteiger partial charge is 0.464 e. The summed E-state index contributed by atoms with van der Waals surface area (Å²) in [6.07, 6.45) is -1.19. The summed E-state index contributed by atoms with van der Waals surface area (Å²) in [5, 5.41) is 11.2. The average molecular weight is 321 g/mol. The van der Waals surface area contributed by atoms with E-state index in [9.17, 15) is 18.3 Å². The summed E-state index contributed by atoms with van der Waals surface area (Å²) < 4.78 is 31.3. The Morgan fingerprint density at radius 1 is 1.45 bits per heavy atom. The number of aliphatic hydroxyl groups is 1. The Bertz CT molecular complexity index is 522. The van der Waals surface area contributed by atoms with Crippen molar-refractivity contribution in [2.75, 3.05) is 6.61 Å². The van der Waals surface area contributed by atoms with Gasteiger partial charge in [-0.1, -0.05) is 19.9 Å². The molecule has 1 aromatic rings. The third-order valence-electron chi connectivity index (χ3n) is 2.34. The van der Waals surface area contributed by atoms with Crippen LogP contribution in [-0.2, 0) is 19.6 Å². The molecule has 2 N–H and O–H groups in total. The molecule has 0 aliphatic rings. The second-order valence-corrected chi connectivity index (χ2v) is 7.68. The molecule has 0 aliphatic heterocycles. The van der Waals surface area contributed by atoms with Crippen molar-refractivity contribution in [1.29, 1.82) is 0 Å². The number of rotatable bonds is 7. The number of ether oxygens (including phenoxy) is 1. The monoisotopic (exact) mass is 321 g/mol. The first-order valence-corrected chi connectivity index (χ1v) is 8.51. The van der Waals surface area contributed by atoms with Crippen molar-refractivity contribution in [3.63, 3.8) is 0 Å². The van der Waals surface area contributed by atoms with Crippen LogP contribution < -0.4 is 4.72 Å². The minimum absolute atomic E-state index is 0.0832. The number of sulfonamides is 1. The van der Waals surface area contributed by atoms with Gasteiger partial charge in [0.05, 0.1) is 12.7 Å². The summed E-state index contributed by atoms with van der Waals surface area (Å²) >= 11 is 1.03. The molecule has 1 rings (SSSR count). The molecule has 0 saturated heterocycles. The molecule has 0 fully saturated rings. The molecule has 20 heavy (non-hydrogen) atoms. The molecule has 0 saturated carbocycles. The summed E-state index contributed by atoms with van der Waals surface area (Å²) in [4.78, 5) is 11.8. The Morgan fingerprint density at radius 3 is 2.55 bits per heavy atom. The van der Waals surface area contributed by atoms with Crippen LogP contribution in [0.25, 0.3) is 0 Å². The molecule has 0 amide bonds. The summed E-state index contributed by atoms with van der Waals surface area (Å²) in [6, 6.07) is 1.69. The number of carbonyl (C=O) groups excluding carboxylic acids is 1. The smallest absolute Gasteiger partial charge is 0.326 e. The van der Waals surface area contributed by atoms with Gasteiger partial charge in [0.15, 0.2) is 0 Å². The second kappa shape index (κ2) is 7.16. The van der Waals surface area contributed by atoms with E-state index in [0.29, 0.717) is 0 Å². The Kier molecular flexibility index (Phi) is 6.12. The lowest BCUT2D eigenvalue weighted by Gasteiger charge is -2.20. The van der Waals surface area contributed by atoms with Crippen molar-refractivity contribution in [2.24, 2.45) is 5.92 Å². The van der Waals surface area contributed by atoms with Crippen LogP contribution in [0.15, 0.2) is 21.7 Å². The maximum atomic E-state index is 12.0. The van der Waals surface area contributed by atoms with E-state index in [1.807, 2.05) is 13.8 Å². The molecule has 0 unspecified atom stereocenters. The average Bonchev–Trinajstić information content (AvgIpc) is 2.87. The van der Waals surface area contributed by atoms with Gasteiger partial charge in [0.25, 0.3) is 10.0 Å². The minimum atomic E-state index is -3.84. The first-order chi connectivity index (χ1) is 9.24. The van der Waals surface area contributed by atoms with Crippen molar-refractivity contribution >= 4 is 27.3 Å². The van der Waals surface area contributed by atoms with Crippen LogP contribution in [0.4, 0.5) is 0 Å². The van der Waals surface area contributed by atoms with Crippen molar-refractivity contribution < 1.29 is 23.1 Å². The molecule has 0 bridgehead atoms. The van der Waals surface area contributed by atoms with Gasteiger partial charge in [0.1, 0.15) is 10.3 Å². The predicted molar refractivity (Wildman–Crippen MR) is 75.9 cm³/mol. The number of carbonyl (C=O) groups is 1. The van der Waals surface area contributed by atoms with E-state index in [2.05, 4.69) is 4.72 Å². The zero-order valence-electron chi connectivity index (χ0n) is 11.6. The van der Waals surface area contributed by atoms with Gasteiger partial charge >= 0.3 is 5.97 Å². The molecule has 0 aromatic carbocycles. The zero-order chi connectivity index (χ0) is 15.3. The van der Waals surface area contributed by atoms with E-state index in [1.54, 1.807) is 11.4 Å². The summed E-state index contributed by atoms with van der Waals surface area (Å²) in [6.45, 7) is 5.22. The highest BCUT2D eigenvalue weighted by atomic mass is 32.2. The van der Waals surface area contributed by atoms with Gasteiger partial charge in [-0.2, -0.15) is 4.72 Å². The van der Waals surface area contributed by atoms with Crippen LogP contribution in [0, 0.1) is 5.92 Å². The first kappa shape index (κ1) is 17.1. The number of thiophene rings is 1. The van der Waals surface area contributed by atoms with Gasteiger partial charge in [0.2, 0.25) is 0 Å². The van der Waals surface area contributed by atoms with Crippen LogP contribution in [0.5, 0.6) is 0 Å². The molecule has 8 heteroatoms. The second-order valence-electron chi connectivity index (χ2n) is 4.80. The molecule has 6 nitrogen and oxygen atoms in total. The first-order valence-electron chi connectivity index (χ1n) is 6.14. The SMILES string of the molecule is CC(C)COC(=O)[C@@H](NS(=O)(=O)c1cccs1)[C@@H](C)O. The van der Waals surface area contributed by atoms with Crippen molar-refractivity contribution in [1.82, 2.24) is 4.72 Å². The van der Waals surface area contributed by atoms with Crippen molar-refractivity contribution in [3.8, 4) is 0 Å². The lowest BCUT2D eigenvalue weighted by molar-refractivity contribution is -0.149. The van der Waals surface area contributed by atoms with Gasteiger partial charge in [-0.3, -0.25) is 4.79 Å². The number of esters is 1. The summed E-state index contributed by atoms with van der Waals surface area (Å²) in [5.74, 6) is -0.656. The van der Waals surface area contributed by atoms with Gasteiger partial charge in [-0.25, -0.2) is 8.42 Å². The molecule has 0 spiro atoms. The van der Waals surface area contributed by atoms with Gasteiger partial charge in [-0.15, -0.1) is 11.3 Å². The number of nitrogens with one attached hydrogen (secondary N) is 1. The normalized spacial score (nSPS) is 15.1. The molecule has 2 atom stereocenters. The Balaban J connectivity index is 2.80. The molecule has 0 radical (unpaired) electrons. The lowest BCUT2D eigenvalue weighted by Crippen LogP contribution is -2.48. The van der Waals surface area contributed by atoms with E-state index >= 15 is 0 Å². The van der Waals surface area contributed by atoms with Gasteiger partial charge in [-0.05, 0) is 24.3 Å². The van der Waals surface area contributed by atoms with Crippen LogP contribution in [0.2, 0.25) is 0 Å². The molecule has 0 aliphatic carbocycles.